The van der Waals surface area contributed by atoms with Gasteiger partial charge in [-0.25, -0.2) is 4.79 Å². The Hall–Kier alpha value is -1.29. The van der Waals surface area contributed by atoms with Gasteiger partial charge < -0.3 is 14.5 Å². The van der Waals surface area contributed by atoms with Crippen molar-refractivity contribution in [2.24, 2.45) is 0 Å². The van der Waals surface area contributed by atoms with Gasteiger partial charge in [-0.3, -0.25) is 0 Å². The first-order chi connectivity index (χ1) is 7.58. The zero-order chi connectivity index (χ0) is 12.1. The Balaban J connectivity index is 2.66. The molecule has 4 heteroatoms. The molecule has 1 unspecified atom stereocenters. The predicted molar refractivity (Wildman–Crippen MR) is 61.4 cm³/mol. The summed E-state index contributed by atoms with van der Waals surface area (Å²) in [4.78, 5) is 11.3. The third-order valence-electron chi connectivity index (χ3n) is 2.61. The zero-order valence-corrected chi connectivity index (χ0v) is 10.3. The lowest BCUT2D eigenvalue weighted by molar-refractivity contribution is 0.0599. The van der Waals surface area contributed by atoms with Gasteiger partial charge in [0.05, 0.1) is 13.7 Å². The fraction of sp³-hybridized carbons (Fsp3) is 0.583. The molecule has 90 valence electrons. The molecule has 0 amide bonds. The first kappa shape index (κ1) is 12.8. The summed E-state index contributed by atoms with van der Waals surface area (Å²) >= 11 is 0. The number of hydrogen-bond acceptors (Lipinski definition) is 4. The van der Waals surface area contributed by atoms with Gasteiger partial charge in [0.2, 0.25) is 0 Å². The highest BCUT2D eigenvalue weighted by atomic mass is 16.5. The molecule has 4 nitrogen and oxygen atoms in total. The minimum Gasteiger partial charge on any atom is -0.465 e. The van der Waals surface area contributed by atoms with Crippen LogP contribution in [0, 0.1) is 6.92 Å². The highest BCUT2D eigenvalue weighted by molar-refractivity contribution is 5.90. The number of methoxy groups -OCH3 is 1. The van der Waals surface area contributed by atoms with Crippen molar-refractivity contribution >= 4 is 5.97 Å². The first-order valence-electron chi connectivity index (χ1n) is 5.49. The molecular formula is C12H19NO3. The molecule has 1 aromatic heterocycles. The molecular weight excluding hydrogens is 206 g/mol. The molecule has 0 aromatic carbocycles. The molecule has 0 bridgehead atoms. The number of aryl methyl sites for hydroxylation is 1. The van der Waals surface area contributed by atoms with Crippen molar-refractivity contribution in [1.82, 2.24) is 5.32 Å². The normalized spacial score (nSPS) is 12.5. The van der Waals surface area contributed by atoms with E-state index in [2.05, 4.69) is 23.9 Å². The van der Waals surface area contributed by atoms with Crippen LogP contribution in [-0.4, -0.2) is 19.1 Å². The topological polar surface area (TPSA) is 51.5 Å². The van der Waals surface area contributed by atoms with Crippen molar-refractivity contribution in [3.05, 3.63) is 23.2 Å². The molecule has 1 atom stereocenters. The third kappa shape index (κ3) is 3.10. The van der Waals surface area contributed by atoms with Crippen molar-refractivity contribution in [2.75, 3.05) is 7.11 Å². The van der Waals surface area contributed by atoms with Crippen LogP contribution < -0.4 is 5.32 Å². The summed E-state index contributed by atoms with van der Waals surface area (Å²) in [6, 6.07) is 2.17. The van der Waals surface area contributed by atoms with Gasteiger partial charge in [0.25, 0.3) is 0 Å². The van der Waals surface area contributed by atoms with Crippen molar-refractivity contribution in [2.45, 2.75) is 39.8 Å². The SMILES string of the molecule is CCC(C)NCc1cc(C(=O)OC)c(C)o1. The van der Waals surface area contributed by atoms with E-state index in [-0.39, 0.29) is 5.97 Å². The fourth-order valence-electron chi connectivity index (χ4n) is 1.36. The van der Waals surface area contributed by atoms with Gasteiger partial charge in [0, 0.05) is 6.04 Å². The van der Waals surface area contributed by atoms with E-state index in [1.165, 1.54) is 7.11 Å². The summed E-state index contributed by atoms with van der Waals surface area (Å²) in [6.45, 7) is 6.62. The number of esters is 1. The Labute approximate surface area is 96.0 Å². The van der Waals surface area contributed by atoms with E-state index >= 15 is 0 Å². The quantitative estimate of drug-likeness (QED) is 0.781. The van der Waals surface area contributed by atoms with Crippen LogP contribution in [0.1, 0.15) is 42.1 Å². The lowest BCUT2D eigenvalue weighted by atomic mass is 10.2. The first-order valence-corrected chi connectivity index (χ1v) is 5.49. The van der Waals surface area contributed by atoms with Crippen LogP contribution >= 0.6 is 0 Å². The lowest BCUT2D eigenvalue weighted by Crippen LogP contribution is -2.24. The zero-order valence-electron chi connectivity index (χ0n) is 10.3. The Morgan fingerprint density at radius 1 is 1.62 bits per heavy atom. The standard InChI is InChI=1S/C12H19NO3/c1-5-8(2)13-7-10-6-11(9(3)16-10)12(14)15-4/h6,8,13H,5,7H2,1-4H3. The molecule has 0 fully saturated rings. The number of ether oxygens (including phenoxy) is 1. The van der Waals surface area contributed by atoms with Gasteiger partial charge >= 0.3 is 5.97 Å². The van der Waals surface area contributed by atoms with Gasteiger partial charge in [-0.05, 0) is 26.3 Å². The van der Waals surface area contributed by atoms with E-state index in [9.17, 15) is 4.79 Å². The lowest BCUT2D eigenvalue weighted by Gasteiger charge is -2.08. The molecule has 0 aliphatic rings. The number of rotatable bonds is 5. The Bertz CT molecular complexity index is 357. The Morgan fingerprint density at radius 3 is 2.88 bits per heavy atom. The van der Waals surface area contributed by atoms with E-state index in [1.807, 2.05) is 0 Å². The summed E-state index contributed by atoms with van der Waals surface area (Å²) in [7, 11) is 1.37. The molecule has 1 aromatic rings. The van der Waals surface area contributed by atoms with Crippen LogP contribution in [0.3, 0.4) is 0 Å². The maximum Gasteiger partial charge on any atom is 0.341 e. The molecule has 0 spiro atoms. The van der Waals surface area contributed by atoms with Gasteiger partial charge in [-0.1, -0.05) is 6.92 Å². The smallest absolute Gasteiger partial charge is 0.341 e. The molecule has 1 rings (SSSR count). The van der Waals surface area contributed by atoms with E-state index in [4.69, 9.17) is 4.42 Å². The average molecular weight is 225 g/mol. The molecule has 1 heterocycles. The molecule has 0 saturated carbocycles. The van der Waals surface area contributed by atoms with Crippen molar-refractivity contribution in [3.8, 4) is 0 Å². The summed E-state index contributed by atoms with van der Waals surface area (Å²) in [5.41, 5.74) is 0.503. The summed E-state index contributed by atoms with van der Waals surface area (Å²) < 4.78 is 10.1. The number of nitrogens with one attached hydrogen (secondary N) is 1. The van der Waals surface area contributed by atoms with Crippen LogP contribution in [0.5, 0.6) is 0 Å². The van der Waals surface area contributed by atoms with Crippen LogP contribution in [0.4, 0.5) is 0 Å². The molecule has 1 N–H and O–H groups in total. The summed E-state index contributed by atoms with van der Waals surface area (Å²) in [5.74, 6) is 1.02. The third-order valence-corrected chi connectivity index (χ3v) is 2.61. The van der Waals surface area contributed by atoms with Crippen molar-refractivity contribution in [3.63, 3.8) is 0 Å². The molecule has 0 aliphatic carbocycles. The second-order valence-corrected chi connectivity index (χ2v) is 3.86. The molecule has 0 aliphatic heterocycles. The molecule has 0 radical (unpaired) electrons. The van der Waals surface area contributed by atoms with Gasteiger partial charge in [0.1, 0.15) is 17.1 Å². The summed E-state index contributed by atoms with van der Waals surface area (Å²) in [5, 5.41) is 3.30. The van der Waals surface area contributed by atoms with E-state index in [1.54, 1.807) is 13.0 Å². The van der Waals surface area contributed by atoms with Crippen molar-refractivity contribution in [1.29, 1.82) is 0 Å². The van der Waals surface area contributed by atoms with Crippen LogP contribution in [0.15, 0.2) is 10.5 Å². The van der Waals surface area contributed by atoms with Gasteiger partial charge in [0.15, 0.2) is 0 Å². The van der Waals surface area contributed by atoms with E-state index in [0.29, 0.717) is 23.9 Å². The summed E-state index contributed by atoms with van der Waals surface area (Å²) in [6.07, 6.45) is 1.06. The van der Waals surface area contributed by atoms with E-state index in [0.717, 1.165) is 12.2 Å². The van der Waals surface area contributed by atoms with E-state index < -0.39 is 0 Å². The van der Waals surface area contributed by atoms with Crippen LogP contribution in [0.25, 0.3) is 0 Å². The fourth-order valence-corrected chi connectivity index (χ4v) is 1.36. The number of carbonyl (C=O) groups is 1. The average Bonchev–Trinajstić information content (AvgIpc) is 2.66. The maximum atomic E-state index is 11.3. The predicted octanol–water partition coefficient (Wildman–Crippen LogP) is 2.26. The molecule has 0 saturated heterocycles. The number of carbonyl (C=O) groups excluding carboxylic acids is 1. The minimum absolute atomic E-state index is 0.351. The van der Waals surface area contributed by atoms with Crippen LogP contribution in [-0.2, 0) is 11.3 Å². The Morgan fingerprint density at radius 2 is 2.31 bits per heavy atom. The minimum atomic E-state index is -0.351. The van der Waals surface area contributed by atoms with Gasteiger partial charge in [-0.15, -0.1) is 0 Å². The van der Waals surface area contributed by atoms with Crippen molar-refractivity contribution < 1.29 is 13.9 Å². The second kappa shape index (κ2) is 5.70. The number of hydrogen-bond donors (Lipinski definition) is 1. The van der Waals surface area contributed by atoms with Crippen LogP contribution in [0.2, 0.25) is 0 Å². The second-order valence-electron chi connectivity index (χ2n) is 3.86. The monoisotopic (exact) mass is 225 g/mol. The highest BCUT2D eigenvalue weighted by Gasteiger charge is 2.15. The highest BCUT2D eigenvalue weighted by Crippen LogP contribution is 2.15. The Kier molecular flexibility index (Phi) is 4.55. The molecule has 16 heavy (non-hydrogen) atoms. The largest absolute Gasteiger partial charge is 0.465 e. The number of furan rings is 1. The van der Waals surface area contributed by atoms with Gasteiger partial charge in [-0.2, -0.15) is 0 Å². The maximum absolute atomic E-state index is 11.3.